The number of rotatable bonds is 5. The van der Waals surface area contributed by atoms with E-state index in [0.29, 0.717) is 15.8 Å². The summed E-state index contributed by atoms with van der Waals surface area (Å²) in [6.45, 7) is 0.137. The Balaban J connectivity index is 1.84. The molecule has 1 aromatic carbocycles. The Labute approximate surface area is 133 Å². The van der Waals surface area contributed by atoms with E-state index in [0.717, 1.165) is 24.2 Å². The molecule has 1 fully saturated rings. The summed E-state index contributed by atoms with van der Waals surface area (Å²) in [6.07, 6.45) is 2.98. The van der Waals surface area contributed by atoms with E-state index in [4.69, 9.17) is 23.2 Å². The van der Waals surface area contributed by atoms with Crippen molar-refractivity contribution >= 4 is 40.9 Å². The Bertz CT molecular complexity index is 484. The van der Waals surface area contributed by atoms with E-state index in [1.165, 1.54) is 11.8 Å². The van der Waals surface area contributed by atoms with Gasteiger partial charge in [-0.1, -0.05) is 29.6 Å². The summed E-state index contributed by atoms with van der Waals surface area (Å²) in [5.74, 6) is 0.462. The quantitative estimate of drug-likeness (QED) is 0.812. The van der Waals surface area contributed by atoms with Crippen LogP contribution in [0, 0.1) is 5.92 Å². The zero-order valence-corrected chi connectivity index (χ0v) is 13.3. The Hall–Kier alpha value is -0.420. The molecule has 2 N–H and O–H groups in total. The highest BCUT2D eigenvalue weighted by Crippen LogP contribution is 2.30. The number of benzene rings is 1. The van der Waals surface area contributed by atoms with Crippen LogP contribution in [0.25, 0.3) is 0 Å². The lowest BCUT2D eigenvalue weighted by atomic mass is 10.1. The van der Waals surface area contributed by atoms with Crippen LogP contribution in [-0.2, 0) is 4.79 Å². The summed E-state index contributed by atoms with van der Waals surface area (Å²) in [5.41, 5.74) is 0. The lowest BCUT2D eigenvalue weighted by Crippen LogP contribution is -2.39. The molecule has 0 aromatic heterocycles. The van der Waals surface area contributed by atoms with Crippen molar-refractivity contribution in [2.24, 2.45) is 5.92 Å². The van der Waals surface area contributed by atoms with Gasteiger partial charge in [-0.2, -0.15) is 0 Å². The third-order valence-electron chi connectivity index (χ3n) is 3.49. The second kappa shape index (κ2) is 7.55. The van der Waals surface area contributed by atoms with E-state index in [1.54, 1.807) is 18.2 Å². The molecule has 1 aromatic rings. The minimum atomic E-state index is -0.0311. The molecule has 0 radical (unpaired) electrons. The number of hydrogen-bond acceptors (Lipinski definition) is 3. The third kappa shape index (κ3) is 4.29. The van der Waals surface area contributed by atoms with Crippen LogP contribution < -0.4 is 5.32 Å². The first kappa shape index (κ1) is 16.0. The van der Waals surface area contributed by atoms with Gasteiger partial charge in [0.05, 0.1) is 10.8 Å². The van der Waals surface area contributed by atoms with Crippen LogP contribution >= 0.6 is 35.0 Å². The van der Waals surface area contributed by atoms with E-state index < -0.39 is 0 Å². The fraction of sp³-hybridized carbons (Fsp3) is 0.500. The molecule has 2 unspecified atom stereocenters. The van der Waals surface area contributed by atoms with Crippen molar-refractivity contribution in [3.63, 3.8) is 0 Å². The first-order chi connectivity index (χ1) is 9.60. The van der Waals surface area contributed by atoms with Crippen LogP contribution in [0.4, 0.5) is 0 Å². The summed E-state index contributed by atoms with van der Waals surface area (Å²) < 4.78 is 0. The average Bonchev–Trinajstić information content (AvgIpc) is 2.87. The molecule has 20 heavy (non-hydrogen) atoms. The fourth-order valence-electron chi connectivity index (χ4n) is 2.42. The molecular weight excluding hydrogens is 317 g/mol. The van der Waals surface area contributed by atoms with Gasteiger partial charge in [0, 0.05) is 28.5 Å². The molecule has 2 atom stereocenters. The first-order valence-corrected chi connectivity index (χ1v) is 8.32. The third-order valence-corrected chi connectivity index (χ3v) is 5.22. The number of nitrogens with one attached hydrogen (secondary N) is 1. The van der Waals surface area contributed by atoms with Gasteiger partial charge in [0.1, 0.15) is 0 Å². The number of hydrogen-bond donors (Lipinski definition) is 2. The number of aliphatic hydroxyl groups excluding tert-OH is 1. The lowest BCUT2D eigenvalue weighted by molar-refractivity contribution is -0.119. The molecule has 0 bridgehead atoms. The van der Waals surface area contributed by atoms with Crippen LogP contribution in [0.5, 0.6) is 0 Å². The van der Waals surface area contributed by atoms with E-state index >= 15 is 0 Å². The van der Waals surface area contributed by atoms with Gasteiger partial charge in [-0.25, -0.2) is 0 Å². The SMILES string of the molecule is O=C(CSc1cc(Cl)ccc1Cl)NC1CCCC1CO. The van der Waals surface area contributed by atoms with Gasteiger partial charge in [0.25, 0.3) is 0 Å². The van der Waals surface area contributed by atoms with E-state index in [1.807, 2.05) is 0 Å². The molecule has 6 heteroatoms. The highest BCUT2D eigenvalue weighted by atomic mass is 35.5. The van der Waals surface area contributed by atoms with Crippen molar-refractivity contribution in [3.8, 4) is 0 Å². The zero-order valence-electron chi connectivity index (χ0n) is 10.9. The Morgan fingerprint density at radius 3 is 2.95 bits per heavy atom. The number of aliphatic hydroxyl groups is 1. The topological polar surface area (TPSA) is 49.3 Å². The smallest absolute Gasteiger partial charge is 0.230 e. The molecule has 1 aliphatic rings. The minimum absolute atomic E-state index is 0.0311. The first-order valence-electron chi connectivity index (χ1n) is 6.58. The van der Waals surface area contributed by atoms with Gasteiger partial charge in [0.2, 0.25) is 5.91 Å². The Morgan fingerprint density at radius 2 is 2.20 bits per heavy atom. The standard InChI is InChI=1S/C14H17Cl2NO2S/c15-10-4-5-11(16)13(6-10)20-8-14(19)17-12-3-1-2-9(12)7-18/h4-6,9,12,18H,1-3,7-8H2,(H,17,19). The van der Waals surface area contributed by atoms with Gasteiger partial charge >= 0.3 is 0 Å². The monoisotopic (exact) mass is 333 g/mol. The second-order valence-electron chi connectivity index (χ2n) is 4.91. The van der Waals surface area contributed by atoms with Gasteiger partial charge in [-0.3, -0.25) is 4.79 Å². The zero-order chi connectivity index (χ0) is 14.5. The van der Waals surface area contributed by atoms with E-state index in [9.17, 15) is 9.90 Å². The predicted octanol–water partition coefficient (Wildman–Crippen LogP) is 3.36. The lowest BCUT2D eigenvalue weighted by Gasteiger charge is -2.18. The summed E-state index contributed by atoms with van der Waals surface area (Å²) >= 11 is 13.3. The maximum atomic E-state index is 11.9. The molecule has 1 saturated carbocycles. The van der Waals surface area contributed by atoms with Crippen LogP contribution in [0.3, 0.4) is 0 Å². The summed E-state index contributed by atoms with van der Waals surface area (Å²) in [4.78, 5) is 12.7. The largest absolute Gasteiger partial charge is 0.396 e. The number of halogens is 2. The molecule has 110 valence electrons. The van der Waals surface area contributed by atoms with E-state index in [2.05, 4.69) is 5.32 Å². The molecule has 3 nitrogen and oxygen atoms in total. The van der Waals surface area contributed by atoms with Gasteiger partial charge < -0.3 is 10.4 Å². The number of carbonyl (C=O) groups is 1. The minimum Gasteiger partial charge on any atom is -0.396 e. The molecule has 0 aliphatic heterocycles. The maximum absolute atomic E-state index is 11.9. The molecule has 0 saturated heterocycles. The fourth-order valence-corrected chi connectivity index (χ4v) is 3.73. The van der Waals surface area contributed by atoms with Crippen LogP contribution in [0.1, 0.15) is 19.3 Å². The Morgan fingerprint density at radius 1 is 1.40 bits per heavy atom. The summed E-state index contributed by atoms with van der Waals surface area (Å²) in [5, 5.41) is 13.4. The molecule has 1 amide bonds. The van der Waals surface area contributed by atoms with E-state index in [-0.39, 0.29) is 24.5 Å². The van der Waals surface area contributed by atoms with Crippen LogP contribution in [0.2, 0.25) is 10.0 Å². The Kier molecular flexibility index (Phi) is 6.02. The van der Waals surface area contributed by atoms with Crippen molar-refractivity contribution in [2.75, 3.05) is 12.4 Å². The summed E-state index contributed by atoms with van der Waals surface area (Å²) in [7, 11) is 0. The number of amides is 1. The highest BCUT2D eigenvalue weighted by molar-refractivity contribution is 8.00. The molecule has 1 aliphatic carbocycles. The van der Waals surface area contributed by atoms with Crippen LogP contribution in [0.15, 0.2) is 23.1 Å². The molecule has 2 rings (SSSR count). The van der Waals surface area contributed by atoms with Crippen molar-refractivity contribution in [1.82, 2.24) is 5.32 Å². The van der Waals surface area contributed by atoms with Gasteiger partial charge in [-0.05, 0) is 31.0 Å². The maximum Gasteiger partial charge on any atom is 0.230 e. The van der Waals surface area contributed by atoms with Crippen molar-refractivity contribution in [3.05, 3.63) is 28.2 Å². The van der Waals surface area contributed by atoms with Crippen molar-refractivity contribution in [2.45, 2.75) is 30.2 Å². The predicted molar refractivity (Wildman–Crippen MR) is 83.5 cm³/mol. The van der Waals surface area contributed by atoms with Crippen LogP contribution in [-0.4, -0.2) is 29.4 Å². The van der Waals surface area contributed by atoms with Gasteiger partial charge in [0.15, 0.2) is 0 Å². The normalized spacial score (nSPS) is 21.9. The highest BCUT2D eigenvalue weighted by Gasteiger charge is 2.27. The van der Waals surface area contributed by atoms with Crippen molar-refractivity contribution in [1.29, 1.82) is 0 Å². The molecular formula is C14H17Cl2NO2S. The number of carbonyl (C=O) groups excluding carboxylic acids is 1. The van der Waals surface area contributed by atoms with Crippen molar-refractivity contribution < 1.29 is 9.90 Å². The number of thioether (sulfide) groups is 1. The second-order valence-corrected chi connectivity index (χ2v) is 6.77. The van der Waals surface area contributed by atoms with Gasteiger partial charge in [-0.15, -0.1) is 11.8 Å². The molecule has 0 heterocycles. The summed E-state index contributed by atoms with van der Waals surface area (Å²) in [6, 6.07) is 5.30. The molecule has 0 spiro atoms. The average molecular weight is 334 g/mol.